The molecule has 1 atom stereocenters. The molecular formula is C10H16O3. The van der Waals surface area contributed by atoms with E-state index in [0.717, 1.165) is 13.0 Å². The molecule has 1 heterocycles. The molecule has 0 aromatic carbocycles. The smallest absolute Gasteiger partial charge is 0.305 e. The molecule has 3 nitrogen and oxygen atoms in total. The van der Waals surface area contributed by atoms with E-state index in [-0.39, 0.29) is 12.5 Å². The second-order valence-corrected chi connectivity index (χ2v) is 4.44. The summed E-state index contributed by atoms with van der Waals surface area (Å²) in [5.41, 5.74) is 0.361. The zero-order valence-electron chi connectivity index (χ0n) is 7.79. The maximum absolute atomic E-state index is 10.5. The SMILES string of the molecule is O=C(O)CC1CC2(CCCC2)CO1. The van der Waals surface area contributed by atoms with Gasteiger partial charge in [0.25, 0.3) is 0 Å². The summed E-state index contributed by atoms with van der Waals surface area (Å²) in [7, 11) is 0. The van der Waals surface area contributed by atoms with E-state index in [1.807, 2.05) is 0 Å². The van der Waals surface area contributed by atoms with Crippen LogP contribution >= 0.6 is 0 Å². The lowest BCUT2D eigenvalue weighted by Gasteiger charge is -2.19. The Kier molecular flexibility index (Phi) is 2.28. The van der Waals surface area contributed by atoms with Gasteiger partial charge in [-0.3, -0.25) is 4.79 Å². The van der Waals surface area contributed by atoms with Crippen molar-refractivity contribution in [1.82, 2.24) is 0 Å². The first kappa shape index (κ1) is 9.00. The molecule has 0 amide bonds. The lowest BCUT2D eigenvalue weighted by atomic mass is 9.83. The summed E-state index contributed by atoms with van der Waals surface area (Å²) in [6.07, 6.45) is 6.20. The van der Waals surface area contributed by atoms with Crippen LogP contribution in [0.1, 0.15) is 38.5 Å². The van der Waals surface area contributed by atoms with Gasteiger partial charge in [0.1, 0.15) is 0 Å². The second kappa shape index (κ2) is 3.29. The van der Waals surface area contributed by atoms with Gasteiger partial charge in [-0.2, -0.15) is 0 Å². The van der Waals surface area contributed by atoms with Gasteiger partial charge in [0.05, 0.1) is 19.1 Å². The van der Waals surface area contributed by atoms with Crippen molar-refractivity contribution >= 4 is 5.97 Å². The van der Waals surface area contributed by atoms with Crippen LogP contribution in [0.25, 0.3) is 0 Å². The van der Waals surface area contributed by atoms with Crippen LogP contribution in [0.15, 0.2) is 0 Å². The molecule has 13 heavy (non-hydrogen) atoms. The highest BCUT2D eigenvalue weighted by Crippen LogP contribution is 2.47. The van der Waals surface area contributed by atoms with E-state index in [1.165, 1.54) is 25.7 Å². The van der Waals surface area contributed by atoms with Gasteiger partial charge in [-0.25, -0.2) is 0 Å². The summed E-state index contributed by atoms with van der Waals surface area (Å²) < 4.78 is 5.52. The van der Waals surface area contributed by atoms with Gasteiger partial charge in [-0.15, -0.1) is 0 Å². The molecule has 0 aromatic rings. The van der Waals surface area contributed by atoms with Crippen LogP contribution < -0.4 is 0 Å². The number of ether oxygens (including phenoxy) is 1. The Bertz CT molecular complexity index is 206. The van der Waals surface area contributed by atoms with E-state index in [2.05, 4.69) is 0 Å². The first-order chi connectivity index (χ1) is 6.20. The summed E-state index contributed by atoms with van der Waals surface area (Å²) in [4.78, 5) is 10.5. The van der Waals surface area contributed by atoms with Crippen molar-refractivity contribution in [2.24, 2.45) is 5.41 Å². The maximum atomic E-state index is 10.5. The van der Waals surface area contributed by atoms with Crippen molar-refractivity contribution in [2.45, 2.75) is 44.6 Å². The molecule has 0 aromatic heterocycles. The minimum absolute atomic E-state index is 0.0180. The van der Waals surface area contributed by atoms with Crippen LogP contribution in [0, 0.1) is 5.41 Å². The van der Waals surface area contributed by atoms with E-state index >= 15 is 0 Å². The summed E-state index contributed by atoms with van der Waals surface area (Å²) in [6.45, 7) is 0.797. The Hall–Kier alpha value is -0.570. The Labute approximate surface area is 78.1 Å². The highest BCUT2D eigenvalue weighted by atomic mass is 16.5. The van der Waals surface area contributed by atoms with Crippen LogP contribution in [0.2, 0.25) is 0 Å². The Morgan fingerprint density at radius 3 is 2.77 bits per heavy atom. The van der Waals surface area contributed by atoms with Gasteiger partial charge in [-0.05, 0) is 24.7 Å². The molecule has 74 valence electrons. The number of carboxylic acid groups (broad SMARTS) is 1. The number of carboxylic acids is 1. The molecule has 1 saturated carbocycles. The van der Waals surface area contributed by atoms with Crippen LogP contribution in [-0.4, -0.2) is 23.8 Å². The predicted octanol–water partition coefficient (Wildman–Crippen LogP) is 1.81. The highest BCUT2D eigenvalue weighted by molar-refractivity contribution is 5.67. The fraction of sp³-hybridized carbons (Fsp3) is 0.900. The topological polar surface area (TPSA) is 46.5 Å². The second-order valence-electron chi connectivity index (χ2n) is 4.44. The van der Waals surface area contributed by atoms with Crippen molar-refractivity contribution in [3.8, 4) is 0 Å². The van der Waals surface area contributed by atoms with E-state index in [1.54, 1.807) is 0 Å². The number of rotatable bonds is 2. The lowest BCUT2D eigenvalue weighted by molar-refractivity contribution is -0.139. The van der Waals surface area contributed by atoms with Gasteiger partial charge in [0.15, 0.2) is 0 Å². The van der Waals surface area contributed by atoms with Crippen LogP contribution in [0.3, 0.4) is 0 Å². The molecule has 1 aliphatic carbocycles. The van der Waals surface area contributed by atoms with Crippen molar-refractivity contribution in [2.75, 3.05) is 6.61 Å². The molecule has 1 unspecified atom stereocenters. The van der Waals surface area contributed by atoms with Crippen LogP contribution in [0.5, 0.6) is 0 Å². The van der Waals surface area contributed by atoms with E-state index in [0.29, 0.717) is 5.41 Å². The molecular weight excluding hydrogens is 168 g/mol. The summed E-state index contributed by atoms with van der Waals surface area (Å²) in [5, 5.41) is 8.63. The molecule has 1 saturated heterocycles. The van der Waals surface area contributed by atoms with Gasteiger partial charge < -0.3 is 9.84 Å². The molecule has 2 aliphatic rings. The largest absolute Gasteiger partial charge is 0.481 e. The standard InChI is InChI=1S/C10H16O3/c11-9(12)5-8-6-10(7-13-8)3-1-2-4-10/h8H,1-7H2,(H,11,12). The molecule has 2 fully saturated rings. The quantitative estimate of drug-likeness (QED) is 0.712. The number of carbonyl (C=O) groups is 1. The van der Waals surface area contributed by atoms with E-state index in [9.17, 15) is 4.79 Å². The molecule has 1 aliphatic heterocycles. The molecule has 2 rings (SSSR count). The van der Waals surface area contributed by atoms with Crippen molar-refractivity contribution in [3.63, 3.8) is 0 Å². The van der Waals surface area contributed by atoms with Crippen LogP contribution in [-0.2, 0) is 9.53 Å². The van der Waals surface area contributed by atoms with Gasteiger partial charge >= 0.3 is 5.97 Å². The number of aliphatic carboxylic acids is 1. The fourth-order valence-corrected chi connectivity index (χ4v) is 2.69. The van der Waals surface area contributed by atoms with Crippen molar-refractivity contribution < 1.29 is 14.6 Å². The number of hydrogen-bond acceptors (Lipinski definition) is 2. The average Bonchev–Trinajstić information content (AvgIpc) is 2.63. The molecule has 0 bridgehead atoms. The maximum Gasteiger partial charge on any atom is 0.305 e. The van der Waals surface area contributed by atoms with Gasteiger partial charge in [-0.1, -0.05) is 12.8 Å². The monoisotopic (exact) mass is 184 g/mol. The van der Waals surface area contributed by atoms with Crippen molar-refractivity contribution in [3.05, 3.63) is 0 Å². The first-order valence-corrected chi connectivity index (χ1v) is 5.04. The third-order valence-electron chi connectivity index (χ3n) is 3.35. The minimum atomic E-state index is -0.736. The zero-order chi connectivity index (χ0) is 9.31. The highest BCUT2D eigenvalue weighted by Gasteiger charge is 2.42. The fourth-order valence-electron chi connectivity index (χ4n) is 2.69. The van der Waals surface area contributed by atoms with E-state index < -0.39 is 5.97 Å². The lowest BCUT2D eigenvalue weighted by Crippen LogP contribution is -2.17. The predicted molar refractivity (Wildman–Crippen MR) is 47.5 cm³/mol. The summed E-state index contributed by atoms with van der Waals surface area (Å²) >= 11 is 0. The number of hydrogen-bond donors (Lipinski definition) is 1. The van der Waals surface area contributed by atoms with Gasteiger partial charge in [0.2, 0.25) is 0 Å². The molecule has 3 heteroatoms. The molecule has 1 N–H and O–H groups in total. The average molecular weight is 184 g/mol. The minimum Gasteiger partial charge on any atom is -0.481 e. The first-order valence-electron chi connectivity index (χ1n) is 5.04. The van der Waals surface area contributed by atoms with Crippen molar-refractivity contribution in [1.29, 1.82) is 0 Å². The summed E-state index contributed by atoms with van der Waals surface area (Å²) in [5.74, 6) is -0.736. The Balaban J connectivity index is 1.89. The Morgan fingerprint density at radius 1 is 1.46 bits per heavy atom. The van der Waals surface area contributed by atoms with E-state index in [4.69, 9.17) is 9.84 Å². The van der Waals surface area contributed by atoms with Crippen LogP contribution in [0.4, 0.5) is 0 Å². The molecule has 1 spiro atoms. The Morgan fingerprint density at radius 2 is 2.15 bits per heavy atom. The summed E-state index contributed by atoms with van der Waals surface area (Å²) in [6, 6.07) is 0. The third-order valence-corrected chi connectivity index (χ3v) is 3.35. The normalized spacial score (nSPS) is 31.2. The zero-order valence-corrected chi connectivity index (χ0v) is 7.79. The third kappa shape index (κ3) is 1.85. The van der Waals surface area contributed by atoms with Gasteiger partial charge in [0, 0.05) is 0 Å². The molecule has 0 radical (unpaired) electrons.